The van der Waals surface area contributed by atoms with Gasteiger partial charge in [0.25, 0.3) is 0 Å². The number of carboxylic acids is 1. The van der Waals surface area contributed by atoms with Gasteiger partial charge < -0.3 is 25.2 Å². The van der Waals surface area contributed by atoms with E-state index in [-0.39, 0.29) is 12.8 Å². The highest BCUT2D eigenvalue weighted by atomic mass is 16.5. The zero-order valence-corrected chi connectivity index (χ0v) is 12.0. The van der Waals surface area contributed by atoms with Gasteiger partial charge in [0.1, 0.15) is 12.2 Å². The van der Waals surface area contributed by atoms with Gasteiger partial charge in [-0.15, -0.1) is 0 Å². The van der Waals surface area contributed by atoms with E-state index >= 15 is 0 Å². The first kappa shape index (κ1) is 16.6. The van der Waals surface area contributed by atoms with Crippen LogP contribution in [0.15, 0.2) is 36.4 Å². The molecule has 120 valence electrons. The Bertz CT molecular complexity index is 527. The Kier molecular flexibility index (Phi) is 5.68. The van der Waals surface area contributed by atoms with Crippen LogP contribution < -0.4 is 0 Å². The van der Waals surface area contributed by atoms with Gasteiger partial charge in [0.2, 0.25) is 0 Å². The third-order valence-electron chi connectivity index (χ3n) is 3.72. The molecule has 0 aliphatic carbocycles. The molecule has 6 heteroatoms. The maximum absolute atomic E-state index is 11.0. The highest BCUT2D eigenvalue weighted by Gasteiger charge is 2.36. The van der Waals surface area contributed by atoms with Gasteiger partial charge >= 0.3 is 5.97 Å². The van der Waals surface area contributed by atoms with E-state index in [1.807, 2.05) is 18.2 Å². The number of ether oxygens (including phenoxy) is 1. The molecule has 4 N–H and O–H groups in total. The van der Waals surface area contributed by atoms with Gasteiger partial charge in [-0.2, -0.15) is 0 Å². The van der Waals surface area contributed by atoms with Crippen molar-refractivity contribution in [2.45, 2.75) is 37.3 Å². The Hall–Kier alpha value is -1.73. The van der Waals surface area contributed by atoms with Crippen LogP contribution in [-0.4, -0.2) is 57.4 Å². The van der Waals surface area contributed by atoms with Crippen LogP contribution >= 0.6 is 0 Å². The molecule has 2 rings (SSSR count). The molecule has 1 fully saturated rings. The molecule has 0 saturated carbocycles. The smallest absolute Gasteiger partial charge is 0.328 e. The Morgan fingerprint density at radius 1 is 1.27 bits per heavy atom. The number of carbonyl (C=O) groups is 1. The summed E-state index contributed by atoms with van der Waals surface area (Å²) in [5.41, 5.74) is 1.33. The molecular weight excluding hydrogens is 288 g/mol. The van der Waals surface area contributed by atoms with Crippen LogP contribution in [-0.2, 0) is 9.53 Å². The van der Waals surface area contributed by atoms with Crippen molar-refractivity contribution in [3.8, 4) is 0 Å². The number of rotatable bonds is 5. The molecule has 1 heterocycles. The molecule has 4 atom stereocenters. The van der Waals surface area contributed by atoms with Gasteiger partial charge in [0.05, 0.1) is 18.8 Å². The van der Waals surface area contributed by atoms with Crippen molar-refractivity contribution >= 4 is 11.5 Å². The average Bonchev–Trinajstić information content (AvgIpc) is 2.50. The Morgan fingerprint density at radius 2 is 1.95 bits per heavy atom. The molecule has 0 unspecified atom stereocenters. The second-order valence-corrected chi connectivity index (χ2v) is 5.35. The highest BCUT2D eigenvalue weighted by Crippen LogP contribution is 2.28. The number of aliphatic hydroxyl groups excluding tert-OH is 3. The zero-order chi connectivity index (χ0) is 16.1. The van der Waals surface area contributed by atoms with Crippen LogP contribution in [0, 0.1) is 0 Å². The van der Waals surface area contributed by atoms with Crippen molar-refractivity contribution in [3.05, 3.63) is 42.0 Å². The van der Waals surface area contributed by atoms with Gasteiger partial charge in [0, 0.05) is 12.5 Å². The number of aliphatic carboxylic acids is 1. The summed E-state index contributed by atoms with van der Waals surface area (Å²) in [6.45, 7) is -0.405. The summed E-state index contributed by atoms with van der Waals surface area (Å²) < 4.78 is 5.56. The number of benzene rings is 1. The largest absolute Gasteiger partial charge is 0.478 e. The fourth-order valence-corrected chi connectivity index (χ4v) is 2.63. The highest BCUT2D eigenvalue weighted by molar-refractivity contribution is 5.90. The van der Waals surface area contributed by atoms with Crippen LogP contribution in [0.5, 0.6) is 0 Å². The van der Waals surface area contributed by atoms with E-state index in [0.29, 0.717) is 5.57 Å². The second kappa shape index (κ2) is 7.51. The van der Waals surface area contributed by atoms with Crippen molar-refractivity contribution in [1.29, 1.82) is 0 Å². The molecule has 1 aliphatic rings. The Morgan fingerprint density at radius 3 is 2.55 bits per heavy atom. The number of hydrogen-bond donors (Lipinski definition) is 4. The molecule has 1 aromatic rings. The lowest BCUT2D eigenvalue weighted by Crippen LogP contribution is -2.49. The second-order valence-electron chi connectivity index (χ2n) is 5.35. The predicted molar refractivity (Wildman–Crippen MR) is 79.0 cm³/mol. The van der Waals surface area contributed by atoms with Crippen LogP contribution in [0.3, 0.4) is 0 Å². The Balaban J connectivity index is 2.16. The summed E-state index contributed by atoms with van der Waals surface area (Å²) in [4.78, 5) is 11.0. The average molecular weight is 308 g/mol. The fraction of sp³-hybridized carbons (Fsp3) is 0.438. The van der Waals surface area contributed by atoms with Crippen molar-refractivity contribution in [2.24, 2.45) is 0 Å². The van der Waals surface area contributed by atoms with Crippen molar-refractivity contribution in [1.82, 2.24) is 0 Å². The molecule has 1 aromatic carbocycles. The molecule has 0 radical (unpaired) electrons. The van der Waals surface area contributed by atoms with E-state index in [1.54, 1.807) is 12.1 Å². The number of carboxylic acid groups (broad SMARTS) is 1. The van der Waals surface area contributed by atoms with Gasteiger partial charge in [-0.25, -0.2) is 4.79 Å². The zero-order valence-electron chi connectivity index (χ0n) is 12.0. The number of aliphatic hydroxyl groups is 3. The maximum atomic E-state index is 11.0. The van der Waals surface area contributed by atoms with E-state index in [9.17, 15) is 20.1 Å². The van der Waals surface area contributed by atoms with Crippen LogP contribution in [0.4, 0.5) is 0 Å². The summed E-state index contributed by atoms with van der Waals surface area (Å²) in [5, 5.41) is 37.8. The quantitative estimate of drug-likeness (QED) is 0.587. The summed E-state index contributed by atoms with van der Waals surface area (Å²) in [6.07, 6.45) is -1.90. The first-order valence-electron chi connectivity index (χ1n) is 7.12. The van der Waals surface area contributed by atoms with E-state index in [0.717, 1.165) is 11.6 Å². The van der Waals surface area contributed by atoms with E-state index in [4.69, 9.17) is 9.84 Å². The first-order valence-corrected chi connectivity index (χ1v) is 7.12. The van der Waals surface area contributed by atoms with Gasteiger partial charge in [-0.05, 0) is 17.6 Å². The summed E-state index contributed by atoms with van der Waals surface area (Å²) in [5.74, 6) is -1.06. The number of hydrogen-bond acceptors (Lipinski definition) is 5. The minimum atomic E-state index is -1.13. The molecule has 0 spiro atoms. The van der Waals surface area contributed by atoms with E-state index in [1.165, 1.54) is 0 Å². The summed E-state index contributed by atoms with van der Waals surface area (Å²) >= 11 is 0. The predicted octanol–water partition coefficient (Wildman–Crippen LogP) is 0.416. The molecule has 0 amide bonds. The minimum absolute atomic E-state index is 0.182. The lowest BCUT2D eigenvalue weighted by Gasteiger charge is -2.36. The van der Waals surface area contributed by atoms with E-state index < -0.39 is 37.0 Å². The van der Waals surface area contributed by atoms with Gasteiger partial charge in [-0.3, -0.25) is 0 Å². The molecule has 6 nitrogen and oxygen atoms in total. The molecule has 22 heavy (non-hydrogen) atoms. The van der Waals surface area contributed by atoms with E-state index in [2.05, 4.69) is 0 Å². The summed E-state index contributed by atoms with van der Waals surface area (Å²) in [6, 6.07) is 9.05. The molecule has 1 aliphatic heterocycles. The minimum Gasteiger partial charge on any atom is -0.478 e. The van der Waals surface area contributed by atoms with Gasteiger partial charge in [0.15, 0.2) is 0 Å². The third kappa shape index (κ3) is 4.14. The van der Waals surface area contributed by atoms with Gasteiger partial charge in [-0.1, -0.05) is 30.3 Å². The fourth-order valence-electron chi connectivity index (χ4n) is 2.63. The molecular formula is C16H20O6. The van der Waals surface area contributed by atoms with Crippen LogP contribution in [0.25, 0.3) is 5.57 Å². The molecule has 0 aromatic heterocycles. The standard InChI is InChI=1S/C16H20O6/c17-9-14-16(21)13(18)8-12(22-14)6-11(7-15(19)20)10-4-2-1-3-5-10/h1-5,7,12-14,16-18,21H,6,8-9H2,(H,19,20)/b11-7+/t12-,13+,14+,16+/m0/s1. The van der Waals surface area contributed by atoms with Crippen molar-refractivity contribution in [3.63, 3.8) is 0 Å². The third-order valence-corrected chi connectivity index (χ3v) is 3.72. The monoisotopic (exact) mass is 308 g/mol. The Labute approximate surface area is 128 Å². The first-order chi connectivity index (χ1) is 10.5. The maximum Gasteiger partial charge on any atom is 0.328 e. The van der Waals surface area contributed by atoms with Crippen LogP contribution in [0.1, 0.15) is 18.4 Å². The topological polar surface area (TPSA) is 107 Å². The lowest BCUT2D eigenvalue weighted by molar-refractivity contribution is -0.177. The normalized spacial score (nSPS) is 29.3. The summed E-state index contributed by atoms with van der Waals surface area (Å²) in [7, 11) is 0. The van der Waals surface area contributed by atoms with Crippen LogP contribution in [0.2, 0.25) is 0 Å². The van der Waals surface area contributed by atoms with Crippen molar-refractivity contribution < 1.29 is 30.0 Å². The molecule has 1 saturated heterocycles. The SMILES string of the molecule is O=C(O)/C=C(\C[C@H]1C[C@@H](O)[C@@H](O)[C@@H](CO)O1)c1ccccc1. The lowest BCUT2D eigenvalue weighted by atomic mass is 9.92. The molecule has 0 bridgehead atoms. The van der Waals surface area contributed by atoms with Crippen molar-refractivity contribution in [2.75, 3.05) is 6.61 Å².